The highest BCUT2D eigenvalue weighted by atomic mass is 35.5. The van der Waals surface area contributed by atoms with Crippen molar-refractivity contribution in [3.8, 4) is 0 Å². The van der Waals surface area contributed by atoms with Crippen molar-refractivity contribution in [1.29, 1.82) is 0 Å². The van der Waals surface area contributed by atoms with Crippen LogP contribution >= 0.6 is 11.6 Å². The summed E-state index contributed by atoms with van der Waals surface area (Å²) in [5.74, 6) is 0. The highest BCUT2D eigenvalue weighted by molar-refractivity contribution is 6.33. The van der Waals surface area contributed by atoms with Crippen molar-refractivity contribution in [3.05, 3.63) is 23.5 Å². The summed E-state index contributed by atoms with van der Waals surface area (Å²) in [6.45, 7) is 3.88. The van der Waals surface area contributed by atoms with Crippen LogP contribution < -0.4 is 10.6 Å². The number of anilines is 1. The maximum atomic E-state index is 6.08. The van der Waals surface area contributed by atoms with E-state index in [2.05, 4.69) is 16.8 Å². The van der Waals surface area contributed by atoms with Crippen LogP contribution in [0.15, 0.2) is 18.5 Å². The Morgan fingerprint density at radius 3 is 2.93 bits per heavy atom. The van der Waals surface area contributed by atoms with Gasteiger partial charge in [-0.3, -0.25) is 4.98 Å². The minimum absolute atomic E-state index is 0.0212. The Hall–Kier alpha value is -0.800. The molecule has 1 aromatic rings. The van der Waals surface area contributed by atoms with Gasteiger partial charge in [-0.15, -0.1) is 0 Å². The first kappa shape index (κ1) is 9.74. The highest BCUT2D eigenvalue weighted by Crippen LogP contribution is 2.32. The first-order valence-corrected chi connectivity index (χ1v) is 5.16. The number of hydrogen-bond donors (Lipinski definition) is 1. The smallest absolute Gasteiger partial charge is 0.0822 e. The Kier molecular flexibility index (Phi) is 2.37. The maximum absolute atomic E-state index is 6.08. The molecule has 3 nitrogen and oxygen atoms in total. The van der Waals surface area contributed by atoms with E-state index in [4.69, 9.17) is 17.3 Å². The second-order valence-corrected chi connectivity index (χ2v) is 4.31. The lowest BCUT2D eigenvalue weighted by Crippen LogP contribution is -2.67. The van der Waals surface area contributed by atoms with Gasteiger partial charge >= 0.3 is 0 Å². The van der Waals surface area contributed by atoms with E-state index in [0.717, 1.165) is 25.2 Å². The molecule has 0 radical (unpaired) electrons. The predicted octanol–water partition coefficient (Wildman–Crippen LogP) is 1.66. The molecule has 0 aliphatic carbocycles. The van der Waals surface area contributed by atoms with Crippen molar-refractivity contribution in [2.75, 3.05) is 18.0 Å². The molecule has 0 aromatic carbocycles. The molecule has 2 rings (SSSR count). The van der Waals surface area contributed by atoms with Crippen molar-refractivity contribution in [3.63, 3.8) is 0 Å². The number of halogens is 1. The molecule has 0 spiro atoms. The van der Waals surface area contributed by atoms with Crippen LogP contribution in [0.5, 0.6) is 0 Å². The molecule has 14 heavy (non-hydrogen) atoms. The van der Waals surface area contributed by atoms with E-state index in [-0.39, 0.29) is 5.54 Å². The minimum atomic E-state index is -0.0212. The SMILES string of the molecule is CCC1(N)CN(c2ccncc2Cl)C1. The van der Waals surface area contributed by atoms with Gasteiger partial charge in [0.2, 0.25) is 0 Å². The van der Waals surface area contributed by atoms with Crippen molar-refractivity contribution >= 4 is 17.3 Å². The third-order valence-corrected chi connectivity index (χ3v) is 3.10. The largest absolute Gasteiger partial charge is 0.366 e. The van der Waals surface area contributed by atoms with Crippen LogP contribution in [0.2, 0.25) is 5.02 Å². The van der Waals surface area contributed by atoms with Gasteiger partial charge in [0.1, 0.15) is 0 Å². The van der Waals surface area contributed by atoms with Crippen LogP contribution in [0.3, 0.4) is 0 Å². The molecule has 1 aliphatic rings. The van der Waals surface area contributed by atoms with Crippen LogP contribution in [-0.2, 0) is 0 Å². The van der Waals surface area contributed by atoms with Gasteiger partial charge in [0.15, 0.2) is 0 Å². The van der Waals surface area contributed by atoms with Gasteiger partial charge < -0.3 is 10.6 Å². The topological polar surface area (TPSA) is 42.1 Å². The van der Waals surface area contributed by atoms with Crippen LogP contribution in [0.4, 0.5) is 5.69 Å². The average molecular weight is 212 g/mol. The number of rotatable bonds is 2. The Bertz CT molecular complexity index is 334. The molecule has 0 saturated carbocycles. The summed E-state index contributed by atoms with van der Waals surface area (Å²) < 4.78 is 0. The van der Waals surface area contributed by atoms with E-state index in [1.54, 1.807) is 12.4 Å². The van der Waals surface area contributed by atoms with E-state index in [9.17, 15) is 0 Å². The second-order valence-electron chi connectivity index (χ2n) is 3.90. The summed E-state index contributed by atoms with van der Waals surface area (Å²) in [7, 11) is 0. The molecule has 0 unspecified atom stereocenters. The van der Waals surface area contributed by atoms with Gasteiger partial charge in [0.25, 0.3) is 0 Å². The highest BCUT2D eigenvalue weighted by Gasteiger charge is 2.38. The molecule has 4 heteroatoms. The van der Waals surface area contributed by atoms with Gasteiger partial charge in [-0.25, -0.2) is 0 Å². The zero-order chi connectivity index (χ0) is 10.2. The molecule has 0 bridgehead atoms. The molecule has 1 fully saturated rings. The predicted molar refractivity (Wildman–Crippen MR) is 58.7 cm³/mol. The third-order valence-electron chi connectivity index (χ3n) is 2.81. The summed E-state index contributed by atoms with van der Waals surface area (Å²) >= 11 is 6.02. The van der Waals surface area contributed by atoms with Crippen LogP contribution in [0, 0.1) is 0 Å². The van der Waals surface area contributed by atoms with Gasteiger partial charge in [-0.2, -0.15) is 0 Å². The van der Waals surface area contributed by atoms with E-state index in [0.29, 0.717) is 5.02 Å². The summed E-state index contributed by atoms with van der Waals surface area (Å²) in [6.07, 6.45) is 4.43. The molecule has 76 valence electrons. The molecule has 2 heterocycles. The normalized spacial score (nSPS) is 19.2. The summed E-state index contributed by atoms with van der Waals surface area (Å²) in [5.41, 5.74) is 7.10. The number of pyridine rings is 1. The Labute approximate surface area is 88.9 Å². The summed E-state index contributed by atoms with van der Waals surface area (Å²) in [4.78, 5) is 6.14. The molecular weight excluding hydrogens is 198 g/mol. The number of nitrogens with zero attached hydrogens (tertiary/aromatic N) is 2. The Morgan fingerprint density at radius 1 is 1.64 bits per heavy atom. The van der Waals surface area contributed by atoms with E-state index in [1.165, 1.54) is 0 Å². The summed E-state index contributed by atoms with van der Waals surface area (Å²) in [6, 6.07) is 1.93. The molecule has 1 aliphatic heterocycles. The Morgan fingerprint density at radius 2 is 2.36 bits per heavy atom. The van der Waals surface area contributed by atoms with E-state index >= 15 is 0 Å². The quantitative estimate of drug-likeness (QED) is 0.809. The van der Waals surface area contributed by atoms with Crippen LogP contribution in [0.25, 0.3) is 0 Å². The maximum Gasteiger partial charge on any atom is 0.0822 e. The fourth-order valence-electron chi connectivity index (χ4n) is 1.73. The molecule has 0 amide bonds. The average Bonchev–Trinajstić information content (AvgIpc) is 2.14. The zero-order valence-corrected chi connectivity index (χ0v) is 8.96. The number of aromatic nitrogens is 1. The number of hydrogen-bond acceptors (Lipinski definition) is 3. The molecule has 1 aromatic heterocycles. The Balaban J connectivity index is 2.10. The van der Waals surface area contributed by atoms with Crippen LogP contribution in [-0.4, -0.2) is 23.6 Å². The monoisotopic (exact) mass is 211 g/mol. The van der Waals surface area contributed by atoms with Crippen molar-refractivity contribution in [1.82, 2.24) is 4.98 Å². The second kappa shape index (κ2) is 3.41. The molecular formula is C10H14ClN3. The van der Waals surface area contributed by atoms with Gasteiger partial charge in [0.05, 0.1) is 16.2 Å². The lowest BCUT2D eigenvalue weighted by Gasteiger charge is -2.49. The number of nitrogens with two attached hydrogens (primary N) is 1. The van der Waals surface area contributed by atoms with Crippen molar-refractivity contribution < 1.29 is 0 Å². The van der Waals surface area contributed by atoms with E-state index in [1.807, 2.05) is 6.07 Å². The van der Waals surface area contributed by atoms with Gasteiger partial charge in [0, 0.05) is 25.5 Å². The third kappa shape index (κ3) is 1.57. The zero-order valence-electron chi connectivity index (χ0n) is 8.20. The molecule has 2 N–H and O–H groups in total. The molecule has 1 saturated heterocycles. The minimum Gasteiger partial charge on any atom is -0.366 e. The van der Waals surface area contributed by atoms with E-state index < -0.39 is 0 Å². The first-order valence-electron chi connectivity index (χ1n) is 4.78. The lowest BCUT2D eigenvalue weighted by molar-refractivity contribution is 0.322. The fourth-order valence-corrected chi connectivity index (χ4v) is 1.97. The van der Waals surface area contributed by atoms with Gasteiger partial charge in [-0.05, 0) is 12.5 Å². The van der Waals surface area contributed by atoms with Crippen LogP contribution in [0.1, 0.15) is 13.3 Å². The lowest BCUT2D eigenvalue weighted by atomic mass is 9.88. The standard InChI is InChI=1S/C10H14ClN3/c1-2-10(12)6-14(7-10)9-3-4-13-5-8(9)11/h3-5H,2,6-7,12H2,1H3. The fraction of sp³-hybridized carbons (Fsp3) is 0.500. The van der Waals surface area contributed by atoms with Gasteiger partial charge in [-0.1, -0.05) is 18.5 Å². The molecule has 0 atom stereocenters. The summed E-state index contributed by atoms with van der Waals surface area (Å²) in [5, 5.41) is 0.700. The van der Waals surface area contributed by atoms with Crippen molar-refractivity contribution in [2.45, 2.75) is 18.9 Å². The first-order chi connectivity index (χ1) is 6.64. The van der Waals surface area contributed by atoms with Crippen molar-refractivity contribution in [2.24, 2.45) is 5.73 Å².